The third-order valence-electron chi connectivity index (χ3n) is 5.13. The van der Waals surface area contributed by atoms with E-state index in [2.05, 4.69) is 10.4 Å². The van der Waals surface area contributed by atoms with Gasteiger partial charge in [-0.3, -0.25) is 14.3 Å². The van der Waals surface area contributed by atoms with Crippen molar-refractivity contribution in [3.63, 3.8) is 0 Å². The summed E-state index contributed by atoms with van der Waals surface area (Å²) in [5, 5.41) is 16.1. The van der Waals surface area contributed by atoms with Crippen LogP contribution in [0.5, 0.6) is 0 Å². The van der Waals surface area contributed by atoms with Gasteiger partial charge in [-0.15, -0.1) is 0 Å². The maximum absolute atomic E-state index is 12.6. The number of halogens is 3. The van der Waals surface area contributed by atoms with Crippen LogP contribution in [-0.2, 0) is 22.6 Å². The highest BCUT2D eigenvalue weighted by Gasteiger charge is 2.42. The molecule has 1 aromatic rings. The number of amides is 1. The number of nitrogens with zero attached hydrogens (tertiary/aromatic N) is 2. The largest absolute Gasteiger partial charge is 0.481 e. The Hall–Kier alpha value is -2.06. The second-order valence-corrected chi connectivity index (χ2v) is 7.20. The lowest BCUT2D eigenvalue weighted by Gasteiger charge is -2.39. The molecule has 0 aromatic carbocycles. The predicted molar refractivity (Wildman–Crippen MR) is 87.6 cm³/mol. The van der Waals surface area contributed by atoms with E-state index in [0.717, 1.165) is 17.5 Å². The summed E-state index contributed by atoms with van der Waals surface area (Å²) in [6.45, 7) is 3.57. The SMILES string of the molecule is Cc1nn(CC(F)(F)F)c(C)c1CC(=O)NC1(C)CCCCC1C(=O)O. The van der Waals surface area contributed by atoms with Crippen molar-refractivity contribution >= 4 is 11.9 Å². The molecule has 6 nitrogen and oxygen atoms in total. The molecule has 0 bridgehead atoms. The number of hydrogen-bond donors (Lipinski definition) is 2. The number of carbonyl (C=O) groups is 2. The summed E-state index contributed by atoms with van der Waals surface area (Å²) < 4.78 is 38.7. The van der Waals surface area contributed by atoms with Gasteiger partial charge >= 0.3 is 12.1 Å². The number of nitrogens with one attached hydrogen (secondary N) is 1. The maximum atomic E-state index is 12.6. The smallest absolute Gasteiger partial charge is 0.408 e. The van der Waals surface area contributed by atoms with E-state index in [9.17, 15) is 27.9 Å². The van der Waals surface area contributed by atoms with Gasteiger partial charge < -0.3 is 10.4 Å². The highest BCUT2D eigenvalue weighted by atomic mass is 19.4. The van der Waals surface area contributed by atoms with Gasteiger partial charge in [-0.2, -0.15) is 18.3 Å². The van der Waals surface area contributed by atoms with Gasteiger partial charge in [0.15, 0.2) is 0 Å². The Labute approximate surface area is 149 Å². The molecule has 0 spiro atoms. The molecular formula is C17H24F3N3O3. The number of aromatic nitrogens is 2. The van der Waals surface area contributed by atoms with Gasteiger partial charge in [0, 0.05) is 11.3 Å². The van der Waals surface area contributed by atoms with E-state index < -0.39 is 36.1 Å². The lowest BCUT2D eigenvalue weighted by Crippen LogP contribution is -2.55. The molecule has 2 rings (SSSR count). The van der Waals surface area contributed by atoms with Gasteiger partial charge in [0.1, 0.15) is 6.54 Å². The Kier molecular flexibility index (Phi) is 5.67. The molecule has 0 saturated heterocycles. The molecule has 1 aliphatic carbocycles. The quantitative estimate of drug-likeness (QED) is 0.829. The first-order valence-corrected chi connectivity index (χ1v) is 8.56. The van der Waals surface area contributed by atoms with Crippen molar-refractivity contribution in [2.24, 2.45) is 5.92 Å². The number of carboxylic acids is 1. The fourth-order valence-electron chi connectivity index (χ4n) is 3.72. The fourth-order valence-corrected chi connectivity index (χ4v) is 3.72. The molecule has 0 aliphatic heterocycles. The first-order valence-electron chi connectivity index (χ1n) is 8.56. The van der Waals surface area contributed by atoms with Gasteiger partial charge in [0.05, 0.1) is 23.6 Å². The molecule has 9 heteroatoms. The van der Waals surface area contributed by atoms with Crippen LogP contribution in [0.15, 0.2) is 0 Å². The van der Waals surface area contributed by atoms with Crippen LogP contribution in [0, 0.1) is 19.8 Å². The van der Waals surface area contributed by atoms with Gasteiger partial charge in [-0.25, -0.2) is 0 Å². The Morgan fingerprint density at radius 2 is 2.00 bits per heavy atom. The summed E-state index contributed by atoms with van der Waals surface area (Å²) in [5.74, 6) is -2.02. The molecule has 1 fully saturated rings. The molecule has 1 aliphatic rings. The van der Waals surface area contributed by atoms with Crippen LogP contribution in [0.4, 0.5) is 13.2 Å². The molecule has 1 saturated carbocycles. The summed E-state index contributed by atoms with van der Waals surface area (Å²) >= 11 is 0. The molecule has 2 atom stereocenters. The monoisotopic (exact) mass is 375 g/mol. The van der Waals surface area contributed by atoms with Crippen molar-refractivity contribution in [2.75, 3.05) is 0 Å². The summed E-state index contributed by atoms with van der Waals surface area (Å²) in [6, 6.07) is 0. The lowest BCUT2D eigenvalue weighted by atomic mass is 9.74. The van der Waals surface area contributed by atoms with E-state index in [1.165, 1.54) is 6.92 Å². The number of aryl methyl sites for hydroxylation is 1. The molecular weight excluding hydrogens is 351 g/mol. The number of carboxylic acid groups (broad SMARTS) is 1. The molecule has 0 radical (unpaired) electrons. The molecule has 146 valence electrons. The summed E-state index contributed by atoms with van der Waals surface area (Å²) in [4.78, 5) is 24.0. The van der Waals surface area contributed by atoms with Gasteiger partial charge in [0.2, 0.25) is 5.91 Å². The topological polar surface area (TPSA) is 84.2 Å². The van der Waals surface area contributed by atoms with Crippen molar-refractivity contribution < 1.29 is 27.9 Å². The van der Waals surface area contributed by atoms with E-state index >= 15 is 0 Å². The zero-order chi connectivity index (χ0) is 19.7. The number of rotatable bonds is 5. The van der Waals surface area contributed by atoms with E-state index in [-0.39, 0.29) is 6.42 Å². The van der Waals surface area contributed by atoms with Crippen molar-refractivity contribution in [1.82, 2.24) is 15.1 Å². The fraction of sp³-hybridized carbons (Fsp3) is 0.706. The maximum Gasteiger partial charge on any atom is 0.408 e. The zero-order valence-corrected chi connectivity index (χ0v) is 15.1. The second kappa shape index (κ2) is 7.28. The first kappa shape index (κ1) is 20.3. The molecule has 2 unspecified atom stereocenters. The van der Waals surface area contributed by atoms with Crippen LogP contribution in [-0.4, -0.2) is 38.5 Å². The Morgan fingerprint density at radius 3 is 2.58 bits per heavy atom. The standard InChI is InChI=1S/C17H24F3N3O3/c1-10-12(11(2)23(22-10)9-17(18,19)20)8-14(24)21-16(3)7-5-4-6-13(16)15(25)26/h13H,4-9H2,1-3H3,(H,21,24)(H,25,26). The highest BCUT2D eigenvalue weighted by molar-refractivity contribution is 5.81. The third kappa shape index (κ3) is 4.56. The van der Waals surface area contributed by atoms with Gasteiger partial charge in [-0.05, 0) is 33.6 Å². The van der Waals surface area contributed by atoms with Crippen LogP contribution < -0.4 is 5.32 Å². The van der Waals surface area contributed by atoms with Crippen LogP contribution in [0.25, 0.3) is 0 Å². The normalized spacial score (nSPS) is 23.7. The van der Waals surface area contributed by atoms with Gasteiger partial charge in [-0.1, -0.05) is 12.8 Å². The minimum absolute atomic E-state index is 0.128. The predicted octanol–water partition coefficient (Wildman–Crippen LogP) is 2.75. The minimum atomic E-state index is -4.40. The number of hydrogen-bond acceptors (Lipinski definition) is 3. The van der Waals surface area contributed by atoms with Gasteiger partial charge in [0.25, 0.3) is 0 Å². The zero-order valence-electron chi connectivity index (χ0n) is 15.1. The van der Waals surface area contributed by atoms with E-state index in [1.807, 2.05) is 0 Å². The molecule has 2 N–H and O–H groups in total. The van der Waals surface area contributed by atoms with Crippen molar-refractivity contribution in [3.8, 4) is 0 Å². The van der Waals surface area contributed by atoms with Crippen molar-refractivity contribution in [1.29, 1.82) is 0 Å². The van der Waals surface area contributed by atoms with E-state index in [1.54, 1.807) is 13.8 Å². The van der Waals surface area contributed by atoms with Crippen LogP contribution in [0.1, 0.15) is 49.6 Å². The average molecular weight is 375 g/mol. The average Bonchev–Trinajstić information content (AvgIpc) is 2.72. The Bertz CT molecular complexity index is 699. The molecule has 1 amide bonds. The van der Waals surface area contributed by atoms with E-state index in [0.29, 0.717) is 29.8 Å². The number of aliphatic carboxylic acids is 1. The summed E-state index contributed by atoms with van der Waals surface area (Å²) in [7, 11) is 0. The Balaban J connectivity index is 2.14. The van der Waals surface area contributed by atoms with Crippen molar-refractivity contribution in [3.05, 3.63) is 17.0 Å². The van der Waals surface area contributed by atoms with Crippen molar-refractivity contribution in [2.45, 2.75) is 71.1 Å². The Morgan fingerprint density at radius 1 is 1.35 bits per heavy atom. The van der Waals surface area contributed by atoms with Crippen LogP contribution in [0.2, 0.25) is 0 Å². The molecule has 1 heterocycles. The molecule has 1 aromatic heterocycles. The second-order valence-electron chi connectivity index (χ2n) is 7.20. The van der Waals surface area contributed by atoms with Crippen LogP contribution in [0.3, 0.4) is 0 Å². The van der Waals surface area contributed by atoms with E-state index in [4.69, 9.17) is 0 Å². The highest BCUT2D eigenvalue weighted by Crippen LogP contribution is 2.34. The summed E-state index contributed by atoms with van der Waals surface area (Å²) in [6.07, 6.45) is -1.85. The number of alkyl halides is 3. The lowest BCUT2D eigenvalue weighted by molar-refractivity contribution is -0.147. The van der Waals surface area contributed by atoms with Crippen LogP contribution >= 0.6 is 0 Å². The minimum Gasteiger partial charge on any atom is -0.481 e. The first-order chi connectivity index (χ1) is 11.9. The third-order valence-corrected chi connectivity index (χ3v) is 5.13. The summed E-state index contributed by atoms with van der Waals surface area (Å²) in [5.41, 5.74) is 0.243. The molecule has 26 heavy (non-hydrogen) atoms. The number of carbonyl (C=O) groups excluding carboxylic acids is 1.